The Balaban J connectivity index is 1.32. The molecule has 2 amide bonds. The molecule has 2 aromatic heterocycles. The van der Waals surface area contributed by atoms with E-state index in [9.17, 15) is 9.59 Å². The maximum atomic E-state index is 12.9. The Bertz CT molecular complexity index is 1690. The smallest absolute Gasteiger partial charge is 0.251 e. The van der Waals surface area contributed by atoms with Crippen molar-refractivity contribution in [3.8, 4) is 5.69 Å². The molecule has 0 unspecified atom stereocenters. The molecule has 0 aliphatic rings. The van der Waals surface area contributed by atoms with Crippen LogP contribution in [0.5, 0.6) is 0 Å². The van der Waals surface area contributed by atoms with Crippen LogP contribution in [0.3, 0.4) is 0 Å². The fourth-order valence-corrected chi connectivity index (χ4v) is 5.93. The zero-order chi connectivity index (χ0) is 29.1. The Morgan fingerprint density at radius 1 is 0.976 bits per heavy atom. The van der Waals surface area contributed by atoms with Crippen LogP contribution in [0.2, 0.25) is 10.0 Å². The first-order valence-electron chi connectivity index (χ1n) is 12.6. The van der Waals surface area contributed by atoms with Crippen LogP contribution < -0.4 is 10.6 Å². The van der Waals surface area contributed by atoms with Crippen LogP contribution in [0, 0.1) is 0 Å². The largest absolute Gasteiger partial charge is 0.345 e. The number of carbonyl (C=O) groups is 2. The summed E-state index contributed by atoms with van der Waals surface area (Å²) in [5.41, 5.74) is 3.15. The Hall–Kier alpha value is -3.44. The van der Waals surface area contributed by atoms with E-state index in [0.717, 1.165) is 15.8 Å². The van der Waals surface area contributed by atoms with Crippen LogP contribution in [0.25, 0.3) is 15.9 Å². The first-order chi connectivity index (χ1) is 19.6. The van der Waals surface area contributed by atoms with Crippen molar-refractivity contribution >= 4 is 73.5 Å². The first kappa shape index (κ1) is 29.1. The Morgan fingerprint density at radius 3 is 2.44 bits per heavy atom. The number of rotatable bonds is 8. The van der Waals surface area contributed by atoms with Crippen LogP contribution in [0.4, 0.5) is 5.13 Å². The van der Waals surface area contributed by atoms with Gasteiger partial charge in [-0.25, -0.2) is 4.98 Å². The topological polar surface area (TPSA) is 102 Å². The summed E-state index contributed by atoms with van der Waals surface area (Å²) < 4.78 is 2.74. The summed E-state index contributed by atoms with van der Waals surface area (Å²) in [6.45, 7) is 6.47. The number of amides is 2. The van der Waals surface area contributed by atoms with Crippen LogP contribution in [0.15, 0.2) is 71.9 Å². The first-order valence-corrected chi connectivity index (χ1v) is 15.2. The normalized spacial score (nSPS) is 11.5. The highest BCUT2D eigenvalue weighted by molar-refractivity contribution is 7.99. The number of para-hydroxylation sites is 1. The lowest BCUT2D eigenvalue weighted by Gasteiger charge is -2.19. The summed E-state index contributed by atoms with van der Waals surface area (Å²) in [5.74, 6) is 0.0731. The fraction of sp³-hybridized carbons (Fsp3) is 0.207. The second-order valence-corrected chi connectivity index (χ2v) is 13.0. The molecule has 0 saturated carbocycles. The summed E-state index contributed by atoms with van der Waals surface area (Å²) in [4.78, 5) is 30.1. The van der Waals surface area contributed by atoms with E-state index < -0.39 is 0 Å². The molecule has 0 spiro atoms. The third-order valence-corrected chi connectivity index (χ3v) is 8.77. The van der Waals surface area contributed by atoms with Crippen LogP contribution >= 0.6 is 46.3 Å². The molecule has 2 N–H and O–H groups in total. The van der Waals surface area contributed by atoms with Crippen molar-refractivity contribution in [3.05, 3.63) is 93.7 Å². The van der Waals surface area contributed by atoms with E-state index in [4.69, 9.17) is 23.2 Å². The van der Waals surface area contributed by atoms with Crippen molar-refractivity contribution in [1.82, 2.24) is 25.1 Å². The molecule has 8 nitrogen and oxygen atoms in total. The SMILES string of the molecule is CC(C)(C)c1ccc(C(=O)NCc2nnc(SCC(=O)Nc3nc4ccccc4s3)n2-c2ccc(Cl)c(Cl)c2)cc1. The minimum Gasteiger partial charge on any atom is -0.345 e. The molecule has 5 rings (SSSR count). The van der Waals surface area contributed by atoms with Gasteiger partial charge in [-0.3, -0.25) is 14.2 Å². The number of nitrogens with one attached hydrogen (secondary N) is 2. The molecule has 2 heterocycles. The molecular weight excluding hydrogens is 599 g/mol. The minimum absolute atomic E-state index is 0.00929. The lowest BCUT2D eigenvalue weighted by atomic mass is 9.87. The molecule has 0 bridgehead atoms. The van der Waals surface area contributed by atoms with Crippen molar-refractivity contribution in [2.75, 3.05) is 11.1 Å². The highest BCUT2D eigenvalue weighted by Crippen LogP contribution is 2.29. The lowest BCUT2D eigenvalue weighted by Crippen LogP contribution is -2.25. The van der Waals surface area contributed by atoms with E-state index in [1.54, 1.807) is 22.8 Å². The maximum absolute atomic E-state index is 12.9. The van der Waals surface area contributed by atoms with Crippen LogP contribution in [-0.4, -0.2) is 37.3 Å². The minimum atomic E-state index is -0.237. The van der Waals surface area contributed by atoms with Crippen molar-refractivity contribution in [2.24, 2.45) is 0 Å². The van der Waals surface area contributed by atoms with Crippen molar-refractivity contribution in [2.45, 2.75) is 37.9 Å². The summed E-state index contributed by atoms with van der Waals surface area (Å²) in [5, 5.41) is 16.1. The van der Waals surface area contributed by atoms with Gasteiger partial charge in [0.2, 0.25) is 5.91 Å². The van der Waals surface area contributed by atoms with Gasteiger partial charge in [0.05, 0.1) is 38.2 Å². The summed E-state index contributed by atoms with van der Waals surface area (Å²) in [7, 11) is 0. The van der Waals surface area contributed by atoms with Crippen molar-refractivity contribution in [3.63, 3.8) is 0 Å². The van der Waals surface area contributed by atoms with E-state index in [1.807, 2.05) is 48.5 Å². The third kappa shape index (κ3) is 6.90. The quantitative estimate of drug-likeness (QED) is 0.178. The van der Waals surface area contributed by atoms with Gasteiger partial charge in [-0.15, -0.1) is 10.2 Å². The van der Waals surface area contributed by atoms with E-state index in [-0.39, 0.29) is 29.5 Å². The average molecular weight is 626 g/mol. The van der Waals surface area contributed by atoms with Gasteiger partial charge in [0.1, 0.15) is 0 Å². The van der Waals surface area contributed by atoms with Gasteiger partial charge >= 0.3 is 0 Å². The molecule has 0 saturated heterocycles. The van der Waals surface area contributed by atoms with E-state index in [0.29, 0.717) is 37.4 Å². The molecule has 0 aliphatic carbocycles. The van der Waals surface area contributed by atoms with E-state index in [1.165, 1.54) is 23.1 Å². The lowest BCUT2D eigenvalue weighted by molar-refractivity contribution is -0.113. The fourth-order valence-electron chi connectivity index (χ4n) is 3.99. The van der Waals surface area contributed by atoms with E-state index in [2.05, 4.69) is 46.6 Å². The molecule has 5 aromatic rings. The monoisotopic (exact) mass is 624 g/mol. The number of anilines is 1. The number of carbonyl (C=O) groups excluding carboxylic acids is 2. The molecule has 0 atom stereocenters. The van der Waals surface area contributed by atoms with Gasteiger partial charge in [0.15, 0.2) is 16.1 Å². The Kier molecular flexibility index (Phi) is 8.65. The molecule has 210 valence electrons. The van der Waals surface area contributed by atoms with Gasteiger partial charge in [-0.1, -0.05) is 91.3 Å². The molecule has 41 heavy (non-hydrogen) atoms. The number of hydrogen-bond donors (Lipinski definition) is 2. The van der Waals surface area contributed by atoms with Crippen molar-refractivity contribution < 1.29 is 9.59 Å². The standard InChI is InChI=1S/C29H26Cl2N6O2S2/c1-29(2,3)18-10-8-17(9-11-18)26(39)32-15-24-35-36-28(37(24)19-12-13-20(30)21(31)14-19)40-16-25(38)34-27-33-22-6-4-5-7-23(22)41-27/h4-14H,15-16H2,1-3H3,(H,32,39)(H,33,34,38). The second kappa shape index (κ2) is 12.2. The number of hydrogen-bond acceptors (Lipinski definition) is 7. The number of thiazole rings is 1. The number of benzene rings is 3. The van der Waals surface area contributed by atoms with Gasteiger partial charge < -0.3 is 10.6 Å². The second-order valence-electron chi connectivity index (χ2n) is 10.2. The number of aromatic nitrogens is 4. The predicted octanol–water partition coefficient (Wildman–Crippen LogP) is 7.14. The number of halogens is 2. The zero-order valence-corrected chi connectivity index (χ0v) is 25.6. The average Bonchev–Trinajstić information content (AvgIpc) is 3.55. The number of nitrogens with zero attached hydrogens (tertiary/aromatic N) is 4. The third-order valence-electron chi connectivity index (χ3n) is 6.15. The zero-order valence-electron chi connectivity index (χ0n) is 22.4. The molecule has 0 fully saturated rings. The van der Waals surface area contributed by atoms with Gasteiger partial charge in [-0.05, 0) is 53.4 Å². The van der Waals surface area contributed by atoms with Gasteiger partial charge in [0.25, 0.3) is 5.91 Å². The highest BCUT2D eigenvalue weighted by atomic mass is 35.5. The molecule has 12 heteroatoms. The van der Waals surface area contributed by atoms with Crippen LogP contribution in [-0.2, 0) is 16.8 Å². The Labute approximate surface area is 255 Å². The summed E-state index contributed by atoms with van der Waals surface area (Å²) in [6.07, 6.45) is 0. The van der Waals surface area contributed by atoms with Gasteiger partial charge in [0, 0.05) is 5.56 Å². The van der Waals surface area contributed by atoms with Crippen LogP contribution in [0.1, 0.15) is 42.5 Å². The highest BCUT2D eigenvalue weighted by Gasteiger charge is 2.19. The summed E-state index contributed by atoms with van der Waals surface area (Å²) >= 11 is 15.1. The maximum Gasteiger partial charge on any atom is 0.251 e. The molecule has 0 aliphatic heterocycles. The molecule has 3 aromatic carbocycles. The molecular formula is C29H26Cl2N6O2S2. The number of fused-ring (bicyclic) bond motifs is 1. The van der Waals surface area contributed by atoms with Gasteiger partial charge in [-0.2, -0.15) is 0 Å². The number of thioether (sulfide) groups is 1. The van der Waals surface area contributed by atoms with Crippen molar-refractivity contribution in [1.29, 1.82) is 0 Å². The predicted molar refractivity (Wildman–Crippen MR) is 167 cm³/mol. The Morgan fingerprint density at radius 2 is 1.73 bits per heavy atom. The molecule has 0 radical (unpaired) electrons. The van der Waals surface area contributed by atoms with E-state index >= 15 is 0 Å². The summed E-state index contributed by atoms with van der Waals surface area (Å²) in [6, 6.07) is 20.4.